The van der Waals surface area contributed by atoms with Gasteiger partial charge in [-0.25, -0.2) is 0 Å². The minimum absolute atomic E-state index is 0.0414. The summed E-state index contributed by atoms with van der Waals surface area (Å²) in [5.74, 6) is 0.718. The molecule has 0 spiro atoms. The fourth-order valence-corrected chi connectivity index (χ4v) is 2.90. The molecule has 0 bridgehead atoms. The van der Waals surface area contributed by atoms with E-state index >= 15 is 0 Å². The zero-order chi connectivity index (χ0) is 17.2. The average molecular weight is 357 g/mol. The van der Waals surface area contributed by atoms with Crippen LogP contribution >= 0.6 is 11.6 Å². The summed E-state index contributed by atoms with van der Waals surface area (Å²) in [7, 11) is 0. The van der Waals surface area contributed by atoms with Gasteiger partial charge in [-0.3, -0.25) is 0 Å². The van der Waals surface area contributed by atoms with Crippen LogP contribution in [0.3, 0.4) is 0 Å². The van der Waals surface area contributed by atoms with Crippen molar-refractivity contribution in [2.45, 2.75) is 25.1 Å². The quantitative estimate of drug-likeness (QED) is 0.893. The molecule has 1 aliphatic rings. The van der Waals surface area contributed by atoms with Crippen molar-refractivity contribution in [3.63, 3.8) is 0 Å². The van der Waals surface area contributed by atoms with E-state index in [0.29, 0.717) is 17.4 Å². The molecule has 2 heterocycles. The lowest BCUT2D eigenvalue weighted by molar-refractivity contribution is -0.137. The molecule has 1 aromatic heterocycles. The summed E-state index contributed by atoms with van der Waals surface area (Å²) in [6.45, 7) is 1.48. The van der Waals surface area contributed by atoms with Gasteiger partial charge in [0.25, 0.3) is 0 Å². The molecule has 128 valence electrons. The molecule has 0 aliphatic carbocycles. The molecule has 0 amide bonds. The minimum atomic E-state index is -4.34. The largest absolute Gasteiger partial charge is 0.416 e. The Kier molecular flexibility index (Phi) is 4.80. The smallest absolute Gasteiger partial charge is 0.381 e. The van der Waals surface area contributed by atoms with Crippen LogP contribution in [0.1, 0.15) is 18.4 Å². The van der Waals surface area contributed by atoms with Gasteiger partial charge in [-0.05, 0) is 43.2 Å². The topological polar surface area (TPSA) is 41.0 Å². The van der Waals surface area contributed by atoms with Crippen LogP contribution in [-0.4, -0.2) is 29.3 Å². The fourth-order valence-electron chi connectivity index (χ4n) is 2.80. The van der Waals surface area contributed by atoms with Crippen LogP contribution in [0, 0.1) is 0 Å². The number of hydrogen-bond acceptors (Lipinski definition) is 4. The highest BCUT2D eigenvalue weighted by molar-refractivity contribution is 6.29. The van der Waals surface area contributed by atoms with Gasteiger partial charge in [0.05, 0.1) is 5.56 Å². The third kappa shape index (κ3) is 4.08. The molecule has 1 aromatic carbocycles. The lowest BCUT2D eigenvalue weighted by Crippen LogP contribution is -2.42. The number of alkyl halides is 3. The SMILES string of the molecule is FC(F)(F)c1cccc(NC2CCCN(c3ccc(Cl)nn3)C2)c1. The van der Waals surface area contributed by atoms with Gasteiger partial charge < -0.3 is 10.2 Å². The minimum Gasteiger partial charge on any atom is -0.381 e. The Bertz CT molecular complexity index is 690. The normalized spacial score (nSPS) is 18.5. The van der Waals surface area contributed by atoms with Gasteiger partial charge in [-0.2, -0.15) is 13.2 Å². The predicted octanol–water partition coefficient (Wildman–Crippen LogP) is 4.23. The number of nitrogens with zero attached hydrogens (tertiary/aromatic N) is 3. The Hall–Kier alpha value is -2.02. The molecule has 4 nitrogen and oxygen atoms in total. The van der Waals surface area contributed by atoms with Gasteiger partial charge in [0.15, 0.2) is 11.0 Å². The van der Waals surface area contributed by atoms with E-state index in [1.807, 2.05) is 0 Å². The van der Waals surface area contributed by atoms with E-state index in [1.54, 1.807) is 18.2 Å². The Labute approximate surface area is 142 Å². The summed E-state index contributed by atoms with van der Waals surface area (Å²) in [6.07, 6.45) is -2.54. The summed E-state index contributed by atoms with van der Waals surface area (Å²) in [5.41, 5.74) is -0.178. The van der Waals surface area contributed by atoms with E-state index in [-0.39, 0.29) is 6.04 Å². The number of rotatable bonds is 3. The summed E-state index contributed by atoms with van der Waals surface area (Å²) >= 11 is 5.74. The van der Waals surface area contributed by atoms with E-state index in [9.17, 15) is 13.2 Å². The molecular formula is C16H16ClF3N4. The molecule has 2 aromatic rings. The lowest BCUT2D eigenvalue weighted by atomic mass is 10.0. The summed E-state index contributed by atoms with van der Waals surface area (Å²) in [6, 6.07) is 8.78. The van der Waals surface area contributed by atoms with E-state index in [1.165, 1.54) is 6.07 Å². The van der Waals surface area contributed by atoms with E-state index in [0.717, 1.165) is 37.3 Å². The van der Waals surface area contributed by atoms with Crippen molar-refractivity contribution in [2.24, 2.45) is 0 Å². The van der Waals surface area contributed by atoms with Crippen LogP contribution in [0.4, 0.5) is 24.7 Å². The predicted molar refractivity (Wildman–Crippen MR) is 87.3 cm³/mol. The maximum absolute atomic E-state index is 12.8. The molecular weight excluding hydrogens is 341 g/mol. The van der Waals surface area contributed by atoms with Gasteiger partial charge in [-0.1, -0.05) is 17.7 Å². The van der Waals surface area contributed by atoms with Crippen LogP contribution in [0.25, 0.3) is 0 Å². The molecule has 0 saturated carbocycles. The Morgan fingerprint density at radius 1 is 1.17 bits per heavy atom. The molecule has 0 radical (unpaired) electrons. The van der Waals surface area contributed by atoms with Crippen molar-refractivity contribution in [2.75, 3.05) is 23.3 Å². The van der Waals surface area contributed by atoms with Crippen molar-refractivity contribution >= 4 is 23.1 Å². The Morgan fingerprint density at radius 2 is 2.00 bits per heavy atom. The van der Waals surface area contributed by atoms with Crippen LogP contribution in [0.5, 0.6) is 0 Å². The second-order valence-corrected chi connectivity index (χ2v) is 6.11. The maximum Gasteiger partial charge on any atom is 0.416 e. The molecule has 1 aliphatic heterocycles. The highest BCUT2D eigenvalue weighted by Crippen LogP contribution is 2.31. The first kappa shape index (κ1) is 16.8. The third-order valence-corrected chi connectivity index (χ3v) is 4.13. The summed E-state index contributed by atoms with van der Waals surface area (Å²) < 4.78 is 38.4. The van der Waals surface area contributed by atoms with Crippen molar-refractivity contribution in [3.8, 4) is 0 Å². The van der Waals surface area contributed by atoms with Gasteiger partial charge in [0.1, 0.15) is 0 Å². The number of piperidine rings is 1. The number of nitrogens with one attached hydrogen (secondary N) is 1. The van der Waals surface area contributed by atoms with Crippen LogP contribution < -0.4 is 10.2 Å². The monoisotopic (exact) mass is 356 g/mol. The number of anilines is 2. The Morgan fingerprint density at radius 3 is 2.71 bits per heavy atom. The summed E-state index contributed by atoms with van der Waals surface area (Å²) in [4.78, 5) is 2.05. The molecule has 1 unspecified atom stereocenters. The first-order valence-electron chi connectivity index (χ1n) is 7.60. The molecule has 1 fully saturated rings. The number of halogens is 4. The second kappa shape index (κ2) is 6.84. The molecule has 8 heteroatoms. The van der Waals surface area contributed by atoms with Gasteiger partial charge >= 0.3 is 6.18 Å². The average Bonchev–Trinajstić information content (AvgIpc) is 2.55. The molecule has 1 saturated heterocycles. The standard InChI is InChI=1S/C16H16ClF3N4/c17-14-6-7-15(23-22-14)24-8-2-5-13(10-24)21-12-4-1-3-11(9-12)16(18,19)20/h1,3-4,6-7,9,13,21H,2,5,8,10H2. The molecule has 24 heavy (non-hydrogen) atoms. The van der Waals surface area contributed by atoms with E-state index in [4.69, 9.17) is 11.6 Å². The molecule has 1 atom stereocenters. The summed E-state index contributed by atoms with van der Waals surface area (Å²) in [5, 5.41) is 11.4. The number of hydrogen-bond donors (Lipinski definition) is 1. The first-order valence-corrected chi connectivity index (χ1v) is 7.97. The van der Waals surface area contributed by atoms with E-state index in [2.05, 4.69) is 20.4 Å². The van der Waals surface area contributed by atoms with Crippen molar-refractivity contribution in [1.82, 2.24) is 10.2 Å². The fraction of sp³-hybridized carbons (Fsp3) is 0.375. The van der Waals surface area contributed by atoms with Crippen LogP contribution in [0.15, 0.2) is 36.4 Å². The molecule has 1 N–H and O–H groups in total. The molecule has 3 rings (SSSR count). The highest BCUT2D eigenvalue weighted by atomic mass is 35.5. The van der Waals surface area contributed by atoms with Gasteiger partial charge in [0, 0.05) is 24.8 Å². The van der Waals surface area contributed by atoms with E-state index < -0.39 is 11.7 Å². The lowest BCUT2D eigenvalue weighted by Gasteiger charge is -2.34. The van der Waals surface area contributed by atoms with Crippen molar-refractivity contribution < 1.29 is 13.2 Å². The highest BCUT2D eigenvalue weighted by Gasteiger charge is 2.30. The Balaban J connectivity index is 1.68. The number of aromatic nitrogens is 2. The van der Waals surface area contributed by atoms with Crippen molar-refractivity contribution in [1.29, 1.82) is 0 Å². The second-order valence-electron chi connectivity index (χ2n) is 5.72. The van der Waals surface area contributed by atoms with Crippen molar-refractivity contribution in [3.05, 3.63) is 47.1 Å². The maximum atomic E-state index is 12.8. The third-order valence-electron chi connectivity index (χ3n) is 3.92. The van der Waals surface area contributed by atoms with Gasteiger partial charge in [-0.15, -0.1) is 10.2 Å². The number of benzene rings is 1. The van der Waals surface area contributed by atoms with Crippen LogP contribution in [-0.2, 0) is 6.18 Å². The zero-order valence-corrected chi connectivity index (χ0v) is 13.5. The van der Waals surface area contributed by atoms with Gasteiger partial charge in [0.2, 0.25) is 0 Å². The zero-order valence-electron chi connectivity index (χ0n) is 12.7. The van der Waals surface area contributed by atoms with Crippen LogP contribution in [0.2, 0.25) is 5.15 Å². The first-order chi connectivity index (χ1) is 11.4.